The lowest BCUT2D eigenvalue weighted by atomic mass is 9.88. The van der Waals surface area contributed by atoms with Crippen molar-refractivity contribution in [2.75, 3.05) is 6.61 Å². The summed E-state index contributed by atoms with van der Waals surface area (Å²) in [6.45, 7) is 6.03. The molecule has 0 heterocycles. The second-order valence-corrected chi connectivity index (χ2v) is 7.28. The van der Waals surface area contributed by atoms with Crippen LogP contribution in [0.4, 0.5) is 8.78 Å². The van der Waals surface area contributed by atoms with Crippen molar-refractivity contribution in [2.45, 2.75) is 45.6 Å². The minimum atomic E-state index is -0.885. The molecule has 1 aromatic carbocycles. The van der Waals surface area contributed by atoms with Gasteiger partial charge in [-0.15, -0.1) is 0 Å². The highest BCUT2D eigenvalue weighted by molar-refractivity contribution is 5.83. The Morgan fingerprint density at radius 2 is 2.05 bits per heavy atom. The van der Waals surface area contributed by atoms with Crippen LogP contribution < -0.4 is 5.32 Å². The van der Waals surface area contributed by atoms with Gasteiger partial charge in [0.25, 0.3) is 0 Å². The zero-order valence-corrected chi connectivity index (χ0v) is 13.2. The second-order valence-electron chi connectivity index (χ2n) is 7.28. The highest BCUT2D eigenvalue weighted by Gasteiger charge is 2.44. The Kier molecular flexibility index (Phi) is 4.85. The molecule has 1 aromatic rings. The Morgan fingerprint density at radius 3 is 2.59 bits per heavy atom. The number of hydrogen-bond donors (Lipinski definition) is 2. The molecule has 122 valence electrons. The summed E-state index contributed by atoms with van der Waals surface area (Å²) < 4.78 is 26.2. The van der Waals surface area contributed by atoms with E-state index in [1.165, 1.54) is 6.07 Å². The van der Waals surface area contributed by atoms with Gasteiger partial charge in [0.15, 0.2) is 11.6 Å². The predicted molar refractivity (Wildman–Crippen MR) is 80.3 cm³/mol. The molecule has 2 N–H and O–H groups in total. The fraction of sp³-hybridized carbons (Fsp3) is 0.588. The third-order valence-corrected chi connectivity index (χ3v) is 3.92. The number of carbonyl (C=O) groups excluding carboxylic acids is 1. The molecule has 3 unspecified atom stereocenters. The van der Waals surface area contributed by atoms with Gasteiger partial charge in [-0.3, -0.25) is 4.79 Å². The summed E-state index contributed by atoms with van der Waals surface area (Å²) in [6, 6.07) is 3.49. The molecule has 2 rings (SSSR count). The Balaban J connectivity index is 1.93. The van der Waals surface area contributed by atoms with Crippen LogP contribution in [0.2, 0.25) is 0 Å². The van der Waals surface area contributed by atoms with E-state index in [0.29, 0.717) is 18.4 Å². The molecule has 22 heavy (non-hydrogen) atoms. The molecule has 5 heteroatoms. The number of amides is 1. The molecule has 0 aromatic heterocycles. The first-order valence-corrected chi connectivity index (χ1v) is 7.57. The number of aliphatic hydroxyl groups excluding tert-OH is 1. The summed E-state index contributed by atoms with van der Waals surface area (Å²) in [5, 5.41) is 12.2. The lowest BCUT2D eigenvalue weighted by molar-refractivity contribution is -0.123. The highest BCUT2D eigenvalue weighted by atomic mass is 19.2. The van der Waals surface area contributed by atoms with Crippen molar-refractivity contribution in [3.05, 3.63) is 35.4 Å². The molecule has 1 fully saturated rings. The molecule has 1 aliphatic carbocycles. The van der Waals surface area contributed by atoms with Crippen molar-refractivity contribution in [3.63, 3.8) is 0 Å². The van der Waals surface area contributed by atoms with Crippen LogP contribution in [-0.2, 0) is 4.79 Å². The van der Waals surface area contributed by atoms with Crippen LogP contribution in [0.1, 0.15) is 45.1 Å². The molecule has 0 bridgehead atoms. The summed E-state index contributed by atoms with van der Waals surface area (Å²) in [4.78, 5) is 12.2. The van der Waals surface area contributed by atoms with Crippen LogP contribution in [0.5, 0.6) is 0 Å². The summed E-state index contributed by atoms with van der Waals surface area (Å²) in [5.74, 6) is -2.18. The quantitative estimate of drug-likeness (QED) is 0.878. The lowest BCUT2D eigenvalue weighted by Gasteiger charge is -2.25. The van der Waals surface area contributed by atoms with E-state index in [2.05, 4.69) is 5.32 Å². The van der Waals surface area contributed by atoms with E-state index in [9.17, 15) is 18.7 Å². The minimum absolute atomic E-state index is 0.00369. The molecule has 1 amide bonds. The fourth-order valence-electron chi connectivity index (χ4n) is 2.80. The lowest BCUT2D eigenvalue weighted by Crippen LogP contribution is -2.41. The zero-order valence-electron chi connectivity index (χ0n) is 13.2. The third-order valence-electron chi connectivity index (χ3n) is 3.92. The molecule has 0 aliphatic heterocycles. The Hall–Kier alpha value is -1.49. The molecule has 3 atom stereocenters. The number of aliphatic hydroxyl groups is 1. The van der Waals surface area contributed by atoms with E-state index in [4.69, 9.17) is 0 Å². The van der Waals surface area contributed by atoms with Crippen molar-refractivity contribution < 1.29 is 18.7 Å². The van der Waals surface area contributed by atoms with E-state index in [1.807, 2.05) is 20.8 Å². The van der Waals surface area contributed by atoms with Crippen molar-refractivity contribution in [3.8, 4) is 0 Å². The van der Waals surface area contributed by atoms with Gasteiger partial charge in [-0.05, 0) is 41.9 Å². The van der Waals surface area contributed by atoms with Gasteiger partial charge in [0.2, 0.25) is 5.91 Å². The number of halogens is 2. The summed E-state index contributed by atoms with van der Waals surface area (Å²) >= 11 is 0. The van der Waals surface area contributed by atoms with Crippen molar-refractivity contribution in [1.82, 2.24) is 5.32 Å². The third kappa shape index (κ3) is 4.26. The monoisotopic (exact) mass is 311 g/mol. The maximum Gasteiger partial charge on any atom is 0.224 e. The van der Waals surface area contributed by atoms with Gasteiger partial charge in [-0.25, -0.2) is 8.78 Å². The summed E-state index contributed by atoms with van der Waals surface area (Å²) in [6.07, 6.45) is 1.31. The SMILES string of the molecule is CC(C)(C)CC(CO)NC(=O)C1CC1c1ccc(F)c(F)c1. The smallest absolute Gasteiger partial charge is 0.224 e. The molecule has 3 nitrogen and oxygen atoms in total. The average molecular weight is 311 g/mol. The van der Waals surface area contributed by atoms with Crippen molar-refractivity contribution in [1.29, 1.82) is 0 Å². The van der Waals surface area contributed by atoms with Crippen LogP contribution >= 0.6 is 0 Å². The normalized spacial score (nSPS) is 22.3. The topological polar surface area (TPSA) is 49.3 Å². The molecule has 1 aliphatic rings. The van der Waals surface area contributed by atoms with E-state index in [1.54, 1.807) is 0 Å². The van der Waals surface area contributed by atoms with E-state index in [-0.39, 0.29) is 35.8 Å². The first-order chi connectivity index (χ1) is 10.2. The van der Waals surface area contributed by atoms with Crippen LogP contribution in [0.25, 0.3) is 0 Å². The van der Waals surface area contributed by atoms with E-state index in [0.717, 1.165) is 12.1 Å². The largest absolute Gasteiger partial charge is 0.394 e. The number of hydrogen-bond acceptors (Lipinski definition) is 2. The number of carbonyl (C=O) groups is 1. The van der Waals surface area contributed by atoms with Crippen LogP contribution in [0.3, 0.4) is 0 Å². The first-order valence-electron chi connectivity index (χ1n) is 7.57. The maximum absolute atomic E-state index is 13.2. The van der Waals surface area contributed by atoms with Gasteiger partial charge in [0.1, 0.15) is 0 Å². The molecule has 0 saturated heterocycles. The fourth-order valence-corrected chi connectivity index (χ4v) is 2.80. The van der Waals surface area contributed by atoms with Gasteiger partial charge in [0, 0.05) is 5.92 Å². The number of benzene rings is 1. The first kappa shape index (κ1) is 16.9. The van der Waals surface area contributed by atoms with Gasteiger partial charge in [-0.2, -0.15) is 0 Å². The minimum Gasteiger partial charge on any atom is -0.394 e. The standard InChI is InChI=1S/C17H23F2NO2/c1-17(2,3)8-11(9-21)20-16(22)13-7-12(13)10-4-5-14(18)15(19)6-10/h4-6,11-13,21H,7-9H2,1-3H3,(H,20,22). The Bertz CT molecular complexity index is 554. The van der Waals surface area contributed by atoms with Crippen molar-refractivity contribution in [2.24, 2.45) is 11.3 Å². The van der Waals surface area contributed by atoms with Gasteiger partial charge in [0.05, 0.1) is 12.6 Å². The van der Waals surface area contributed by atoms with Crippen LogP contribution in [0, 0.1) is 23.0 Å². The molecule has 0 radical (unpaired) electrons. The second kappa shape index (κ2) is 6.32. The highest BCUT2D eigenvalue weighted by Crippen LogP contribution is 2.47. The van der Waals surface area contributed by atoms with Gasteiger partial charge in [-0.1, -0.05) is 26.8 Å². The Morgan fingerprint density at radius 1 is 1.36 bits per heavy atom. The molecule has 0 spiro atoms. The van der Waals surface area contributed by atoms with E-state index < -0.39 is 11.6 Å². The number of nitrogens with one attached hydrogen (secondary N) is 1. The Labute approximate surface area is 129 Å². The van der Waals surface area contributed by atoms with Crippen LogP contribution in [-0.4, -0.2) is 23.7 Å². The van der Waals surface area contributed by atoms with Crippen LogP contribution in [0.15, 0.2) is 18.2 Å². The number of rotatable bonds is 5. The summed E-state index contributed by atoms with van der Waals surface area (Å²) in [5.41, 5.74) is 0.652. The average Bonchev–Trinajstić information content (AvgIpc) is 3.20. The van der Waals surface area contributed by atoms with Gasteiger partial charge < -0.3 is 10.4 Å². The summed E-state index contributed by atoms with van der Waals surface area (Å²) in [7, 11) is 0. The molecular weight excluding hydrogens is 288 g/mol. The maximum atomic E-state index is 13.2. The zero-order chi connectivity index (χ0) is 16.5. The predicted octanol–water partition coefficient (Wildman–Crippen LogP) is 2.98. The van der Waals surface area contributed by atoms with Gasteiger partial charge >= 0.3 is 0 Å². The molecule has 1 saturated carbocycles. The van der Waals surface area contributed by atoms with Crippen molar-refractivity contribution >= 4 is 5.91 Å². The van der Waals surface area contributed by atoms with E-state index >= 15 is 0 Å². The molecular formula is C17H23F2NO2.